The van der Waals surface area contributed by atoms with Gasteiger partial charge in [0.2, 0.25) is 5.88 Å². The second-order valence-corrected chi connectivity index (χ2v) is 10.5. The van der Waals surface area contributed by atoms with E-state index in [0.717, 1.165) is 53.1 Å². The van der Waals surface area contributed by atoms with Gasteiger partial charge in [0.25, 0.3) is 0 Å². The summed E-state index contributed by atoms with van der Waals surface area (Å²) in [6, 6.07) is 18.3. The molecule has 182 valence electrons. The van der Waals surface area contributed by atoms with E-state index in [0.29, 0.717) is 23.5 Å². The number of nitrogens with zero attached hydrogens (tertiary/aromatic N) is 3. The molecule has 0 spiro atoms. The number of halogens is 1. The maximum Gasteiger partial charge on any atom is 0.414 e. The predicted octanol–water partition coefficient (Wildman–Crippen LogP) is 6.43. The van der Waals surface area contributed by atoms with Gasteiger partial charge >= 0.3 is 6.09 Å². The molecule has 0 bridgehead atoms. The number of para-hydroxylation sites is 1. The van der Waals surface area contributed by atoms with Crippen LogP contribution in [0.25, 0.3) is 21.5 Å². The molecule has 3 heterocycles. The molecule has 1 aliphatic rings. The van der Waals surface area contributed by atoms with Crippen LogP contribution in [0, 0.1) is 0 Å². The van der Waals surface area contributed by atoms with Crippen LogP contribution in [-0.4, -0.2) is 45.7 Å². The summed E-state index contributed by atoms with van der Waals surface area (Å²) in [6.07, 6.45) is 1.46. The number of thiazole rings is 1. The van der Waals surface area contributed by atoms with E-state index in [1.165, 1.54) is 0 Å². The predicted molar refractivity (Wildman–Crippen MR) is 142 cm³/mol. The van der Waals surface area contributed by atoms with Gasteiger partial charge in [-0.05, 0) is 44.9 Å². The molecule has 1 fully saturated rings. The lowest BCUT2D eigenvalue weighted by Crippen LogP contribution is -2.47. The molecule has 1 amide bonds. The van der Waals surface area contributed by atoms with Gasteiger partial charge in [-0.3, -0.25) is 0 Å². The number of carbonyl (C=O) groups is 1. The summed E-state index contributed by atoms with van der Waals surface area (Å²) in [4.78, 5) is 20.1. The molecule has 0 aliphatic carbocycles. The third kappa shape index (κ3) is 5.53. The topological polar surface area (TPSA) is 59.4 Å². The molecule has 1 aliphatic heterocycles. The van der Waals surface area contributed by atoms with Crippen molar-refractivity contribution in [1.29, 1.82) is 0 Å². The molecule has 1 saturated heterocycles. The molecule has 35 heavy (non-hydrogen) atoms. The van der Waals surface area contributed by atoms with E-state index < -0.39 is 6.09 Å². The highest BCUT2D eigenvalue weighted by atomic mass is 35.5. The lowest BCUT2D eigenvalue weighted by Gasteiger charge is -2.34. The van der Waals surface area contributed by atoms with Crippen molar-refractivity contribution < 1.29 is 9.53 Å². The number of amides is 1. The van der Waals surface area contributed by atoms with Crippen LogP contribution in [0.2, 0.25) is 5.02 Å². The van der Waals surface area contributed by atoms with Gasteiger partial charge in [-0.25, -0.2) is 9.78 Å². The molecule has 2 aromatic heterocycles. The number of nitrogens with one attached hydrogen (secondary N) is 1. The Morgan fingerprint density at radius 2 is 1.91 bits per heavy atom. The van der Waals surface area contributed by atoms with Crippen molar-refractivity contribution in [2.24, 2.45) is 0 Å². The van der Waals surface area contributed by atoms with E-state index >= 15 is 0 Å². The molecule has 2 aromatic carbocycles. The fourth-order valence-corrected chi connectivity index (χ4v) is 5.49. The number of likely N-dealkylation sites (tertiary alicyclic amines) is 1. The van der Waals surface area contributed by atoms with Crippen molar-refractivity contribution in [3.63, 3.8) is 0 Å². The second-order valence-electron chi connectivity index (χ2n) is 9.22. The van der Waals surface area contributed by atoms with E-state index in [1.54, 1.807) is 11.3 Å². The lowest BCUT2D eigenvalue weighted by molar-refractivity contribution is 0.151. The lowest BCUT2D eigenvalue weighted by atomic mass is 10.0. The highest BCUT2D eigenvalue weighted by molar-refractivity contribution is 7.13. The van der Waals surface area contributed by atoms with Gasteiger partial charge in [0.1, 0.15) is 5.01 Å². The van der Waals surface area contributed by atoms with E-state index in [2.05, 4.69) is 24.1 Å². The number of ether oxygens (including phenoxy) is 1. The Balaban J connectivity index is 1.32. The van der Waals surface area contributed by atoms with Gasteiger partial charge in [0.05, 0.1) is 17.8 Å². The van der Waals surface area contributed by atoms with E-state index in [1.807, 2.05) is 64.5 Å². The molecule has 5 rings (SSSR count). The summed E-state index contributed by atoms with van der Waals surface area (Å²) < 4.78 is 7.86. The van der Waals surface area contributed by atoms with E-state index in [4.69, 9.17) is 21.3 Å². The second kappa shape index (κ2) is 10.4. The smallest absolute Gasteiger partial charge is 0.393 e. The summed E-state index contributed by atoms with van der Waals surface area (Å²) in [6.45, 7) is 6.90. The van der Waals surface area contributed by atoms with Crippen LogP contribution in [0.1, 0.15) is 32.4 Å². The van der Waals surface area contributed by atoms with Crippen molar-refractivity contribution in [2.45, 2.75) is 45.3 Å². The van der Waals surface area contributed by atoms with Crippen LogP contribution in [0.3, 0.4) is 0 Å². The molecule has 1 N–H and O–H groups in total. The first-order valence-electron chi connectivity index (χ1n) is 12.0. The fourth-order valence-electron chi connectivity index (χ4n) is 4.55. The average molecular weight is 509 g/mol. The molecule has 6 nitrogen and oxygen atoms in total. The summed E-state index contributed by atoms with van der Waals surface area (Å²) >= 11 is 7.61. The highest BCUT2D eigenvalue weighted by Gasteiger charge is 2.23. The number of aromatic nitrogens is 2. The van der Waals surface area contributed by atoms with Crippen LogP contribution >= 0.6 is 22.9 Å². The molecule has 0 unspecified atom stereocenters. The number of fused-ring (bicyclic) bond motifs is 1. The average Bonchev–Trinajstić information content (AvgIpc) is 3.45. The van der Waals surface area contributed by atoms with Crippen molar-refractivity contribution >= 4 is 39.9 Å². The number of rotatable bonds is 6. The minimum Gasteiger partial charge on any atom is -0.393 e. The number of benzene rings is 2. The van der Waals surface area contributed by atoms with Crippen molar-refractivity contribution in [2.75, 3.05) is 13.1 Å². The monoisotopic (exact) mass is 508 g/mol. The molecular formula is C27H29ClN4O2S. The Hall–Kier alpha value is -2.87. The number of hydrogen-bond acceptors (Lipinski definition) is 5. The van der Waals surface area contributed by atoms with Crippen LogP contribution < -0.4 is 10.1 Å². The van der Waals surface area contributed by atoms with Crippen molar-refractivity contribution in [3.05, 3.63) is 70.7 Å². The van der Waals surface area contributed by atoms with Crippen LogP contribution in [0.15, 0.2) is 60.0 Å². The summed E-state index contributed by atoms with van der Waals surface area (Å²) in [5.74, 6) is 0.518. The van der Waals surface area contributed by atoms with Gasteiger partial charge < -0.3 is 19.5 Å². The fraction of sp³-hybridized carbons (Fsp3) is 0.333. The van der Waals surface area contributed by atoms with E-state index in [9.17, 15) is 4.79 Å². The quantitative estimate of drug-likeness (QED) is 0.326. The largest absolute Gasteiger partial charge is 0.414 e. The van der Waals surface area contributed by atoms with Crippen LogP contribution in [-0.2, 0) is 6.54 Å². The first kappa shape index (κ1) is 23.9. The normalized spacial score (nSPS) is 15.1. The molecule has 0 saturated carbocycles. The van der Waals surface area contributed by atoms with Crippen molar-refractivity contribution in [3.8, 4) is 16.5 Å². The van der Waals surface area contributed by atoms with Crippen LogP contribution in [0.5, 0.6) is 5.88 Å². The van der Waals surface area contributed by atoms with Crippen LogP contribution in [0.4, 0.5) is 4.79 Å². The molecule has 0 atom stereocenters. The highest BCUT2D eigenvalue weighted by Crippen LogP contribution is 2.29. The third-order valence-corrected chi connectivity index (χ3v) is 7.71. The van der Waals surface area contributed by atoms with Gasteiger partial charge in [0.15, 0.2) is 0 Å². The maximum absolute atomic E-state index is 12.8. The first-order valence-corrected chi connectivity index (χ1v) is 13.2. The first-order chi connectivity index (χ1) is 17.0. The minimum absolute atomic E-state index is 0.135. The standard InChI is InChI=1S/C27H29ClN4O2S/c1-18(2)31-13-11-22(12-14-31)30-27(33)34-25-15-20-5-3-4-6-24(20)32(25)16-23-17-35-26(29-23)19-7-9-21(28)10-8-19/h3-10,15,17-18,22H,11-14,16H2,1-2H3,(H,30,33). The number of piperidine rings is 1. The Bertz CT molecular complexity index is 1310. The molecule has 4 aromatic rings. The summed E-state index contributed by atoms with van der Waals surface area (Å²) in [5.41, 5.74) is 2.94. The zero-order valence-electron chi connectivity index (χ0n) is 19.9. The minimum atomic E-state index is -0.405. The Morgan fingerprint density at radius 3 is 2.66 bits per heavy atom. The van der Waals surface area contributed by atoms with Gasteiger partial charge in [-0.2, -0.15) is 0 Å². The van der Waals surface area contributed by atoms with Gasteiger partial charge in [0, 0.05) is 52.6 Å². The Morgan fingerprint density at radius 1 is 1.17 bits per heavy atom. The Kier molecular flexibility index (Phi) is 7.09. The van der Waals surface area contributed by atoms with Gasteiger partial charge in [-0.15, -0.1) is 11.3 Å². The van der Waals surface area contributed by atoms with E-state index in [-0.39, 0.29) is 6.04 Å². The zero-order chi connectivity index (χ0) is 24.4. The number of carbonyl (C=O) groups excluding carboxylic acids is 1. The Labute approximate surface area is 214 Å². The molecule has 0 radical (unpaired) electrons. The zero-order valence-corrected chi connectivity index (χ0v) is 21.5. The maximum atomic E-state index is 12.8. The molecular weight excluding hydrogens is 480 g/mol. The van der Waals surface area contributed by atoms with Crippen molar-refractivity contribution in [1.82, 2.24) is 19.8 Å². The number of hydrogen-bond donors (Lipinski definition) is 1. The summed E-state index contributed by atoms with van der Waals surface area (Å²) in [7, 11) is 0. The molecule has 8 heteroatoms. The van der Waals surface area contributed by atoms with Gasteiger partial charge in [-0.1, -0.05) is 41.9 Å². The SMILES string of the molecule is CC(C)N1CCC(NC(=O)Oc2cc3ccccc3n2Cc2csc(-c3ccc(Cl)cc3)n2)CC1. The third-order valence-electron chi connectivity index (χ3n) is 6.51. The summed E-state index contributed by atoms with van der Waals surface area (Å²) in [5, 5.41) is 7.77.